The molecule has 0 radical (unpaired) electrons. The number of amides is 1. The maximum atomic E-state index is 12.4. The van der Waals surface area contributed by atoms with E-state index in [1.54, 1.807) is 12.0 Å². The molecule has 110 valence electrons. The molecular weight excluding hydrogens is 246 g/mol. The lowest BCUT2D eigenvalue weighted by atomic mass is 10.0. The van der Waals surface area contributed by atoms with Gasteiger partial charge in [0, 0.05) is 13.2 Å². The van der Waals surface area contributed by atoms with E-state index in [2.05, 4.69) is 4.74 Å². The van der Waals surface area contributed by atoms with Crippen molar-refractivity contribution in [3.8, 4) is 0 Å². The largest absolute Gasteiger partial charge is 0.468 e. The molecule has 1 fully saturated rings. The van der Waals surface area contributed by atoms with Crippen LogP contribution in [0.1, 0.15) is 46.0 Å². The van der Waals surface area contributed by atoms with Crippen LogP contribution < -0.4 is 0 Å². The van der Waals surface area contributed by atoms with E-state index in [0.717, 1.165) is 25.7 Å². The molecule has 1 aliphatic rings. The summed E-state index contributed by atoms with van der Waals surface area (Å²) < 4.78 is 9.97. The van der Waals surface area contributed by atoms with E-state index in [1.165, 1.54) is 7.11 Å². The first-order valence-corrected chi connectivity index (χ1v) is 6.81. The topological polar surface area (TPSA) is 55.8 Å². The summed E-state index contributed by atoms with van der Waals surface area (Å²) in [6.45, 7) is 3.78. The minimum Gasteiger partial charge on any atom is -0.468 e. The fourth-order valence-corrected chi connectivity index (χ4v) is 2.38. The Kier molecular flexibility index (Phi) is 5.79. The molecule has 5 heteroatoms. The van der Waals surface area contributed by atoms with Crippen LogP contribution in [0.2, 0.25) is 0 Å². The number of carbonyl (C=O) groups is 2. The molecule has 0 unspecified atom stereocenters. The third-order valence-corrected chi connectivity index (χ3v) is 3.74. The molecule has 5 nitrogen and oxygen atoms in total. The first-order valence-electron chi connectivity index (χ1n) is 6.81. The van der Waals surface area contributed by atoms with Crippen LogP contribution >= 0.6 is 0 Å². The number of ether oxygens (including phenoxy) is 2. The summed E-state index contributed by atoms with van der Waals surface area (Å²) in [5, 5.41) is 0. The van der Waals surface area contributed by atoms with Gasteiger partial charge in [0.25, 0.3) is 0 Å². The second kappa shape index (κ2) is 6.89. The van der Waals surface area contributed by atoms with Gasteiger partial charge in [-0.1, -0.05) is 12.8 Å². The van der Waals surface area contributed by atoms with Gasteiger partial charge in [-0.3, -0.25) is 9.59 Å². The van der Waals surface area contributed by atoms with Gasteiger partial charge < -0.3 is 14.4 Å². The van der Waals surface area contributed by atoms with E-state index in [1.807, 2.05) is 13.8 Å². The van der Waals surface area contributed by atoms with E-state index >= 15 is 0 Å². The van der Waals surface area contributed by atoms with Gasteiger partial charge in [-0.25, -0.2) is 0 Å². The molecular formula is C14H25NO4. The standard InChI is InChI=1S/C14H25NO4/c1-14(2,19-4)9-12(16)15(10-13(17)18-3)11-7-5-6-8-11/h11H,5-10H2,1-4H3. The predicted octanol–water partition coefficient (Wildman–Crippen LogP) is 1.75. The number of hydrogen-bond acceptors (Lipinski definition) is 4. The van der Waals surface area contributed by atoms with Gasteiger partial charge >= 0.3 is 5.97 Å². The fraction of sp³-hybridized carbons (Fsp3) is 0.857. The fourth-order valence-electron chi connectivity index (χ4n) is 2.38. The first kappa shape index (κ1) is 16.0. The number of hydrogen-bond donors (Lipinski definition) is 0. The molecule has 0 aromatic rings. The molecule has 1 rings (SSSR count). The van der Waals surface area contributed by atoms with Gasteiger partial charge in [0.15, 0.2) is 0 Å². The second-order valence-corrected chi connectivity index (χ2v) is 5.68. The molecule has 0 aromatic heterocycles. The van der Waals surface area contributed by atoms with Crippen molar-refractivity contribution in [1.29, 1.82) is 0 Å². The van der Waals surface area contributed by atoms with Crippen LogP contribution in [0.5, 0.6) is 0 Å². The third-order valence-electron chi connectivity index (χ3n) is 3.74. The minimum atomic E-state index is -0.510. The molecule has 0 aliphatic heterocycles. The van der Waals surface area contributed by atoms with Crippen LogP contribution in [0.3, 0.4) is 0 Å². The van der Waals surface area contributed by atoms with E-state index in [9.17, 15) is 9.59 Å². The number of carbonyl (C=O) groups excluding carboxylic acids is 2. The Hall–Kier alpha value is -1.10. The van der Waals surface area contributed by atoms with Gasteiger partial charge in [-0.05, 0) is 26.7 Å². The molecule has 0 saturated heterocycles. The predicted molar refractivity (Wildman–Crippen MR) is 71.7 cm³/mol. The summed E-state index contributed by atoms with van der Waals surface area (Å²) in [4.78, 5) is 25.5. The molecule has 1 aliphatic carbocycles. The van der Waals surface area contributed by atoms with Crippen molar-refractivity contribution in [3.05, 3.63) is 0 Å². The van der Waals surface area contributed by atoms with E-state index in [0.29, 0.717) is 0 Å². The maximum absolute atomic E-state index is 12.4. The Morgan fingerprint density at radius 2 is 1.79 bits per heavy atom. The molecule has 19 heavy (non-hydrogen) atoms. The lowest BCUT2D eigenvalue weighted by Gasteiger charge is -2.31. The molecule has 0 bridgehead atoms. The first-order chi connectivity index (χ1) is 8.89. The van der Waals surface area contributed by atoms with E-state index in [4.69, 9.17) is 4.74 Å². The Balaban J connectivity index is 2.71. The molecule has 1 amide bonds. The Morgan fingerprint density at radius 3 is 2.26 bits per heavy atom. The molecule has 0 aromatic carbocycles. The smallest absolute Gasteiger partial charge is 0.325 e. The SMILES string of the molecule is COC(=O)CN(C(=O)CC(C)(C)OC)C1CCCC1. The molecule has 0 atom stereocenters. The van der Waals surface area contributed by atoms with Gasteiger partial charge in [-0.15, -0.1) is 0 Å². The van der Waals surface area contributed by atoms with Crippen LogP contribution in [0.15, 0.2) is 0 Å². The summed E-state index contributed by atoms with van der Waals surface area (Å²) in [6.07, 6.45) is 4.44. The summed E-state index contributed by atoms with van der Waals surface area (Å²) in [5.41, 5.74) is -0.510. The number of esters is 1. The van der Waals surface area contributed by atoms with Crippen molar-refractivity contribution < 1.29 is 19.1 Å². The van der Waals surface area contributed by atoms with E-state index in [-0.39, 0.29) is 30.9 Å². The van der Waals surface area contributed by atoms with Crippen LogP contribution in [-0.4, -0.2) is 49.2 Å². The van der Waals surface area contributed by atoms with Crippen molar-refractivity contribution in [2.24, 2.45) is 0 Å². The monoisotopic (exact) mass is 271 g/mol. The third kappa shape index (κ3) is 4.82. The van der Waals surface area contributed by atoms with Gasteiger partial charge in [-0.2, -0.15) is 0 Å². The highest BCUT2D eigenvalue weighted by Crippen LogP contribution is 2.25. The Bertz CT molecular complexity index is 321. The normalized spacial score (nSPS) is 16.4. The minimum absolute atomic E-state index is 0.0378. The van der Waals surface area contributed by atoms with Crippen molar-refractivity contribution in [3.63, 3.8) is 0 Å². The lowest BCUT2D eigenvalue weighted by Crippen LogP contribution is -2.45. The Labute approximate surface area is 115 Å². The molecule has 1 saturated carbocycles. The quantitative estimate of drug-likeness (QED) is 0.691. The summed E-state index contributed by atoms with van der Waals surface area (Å²) in [6, 6.07) is 0.166. The van der Waals surface area contributed by atoms with Crippen molar-refractivity contribution in [2.75, 3.05) is 20.8 Å². The van der Waals surface area contributed by atoms with Crippen LogP contribution in [0, 0.1) is 0 Å². The van der Waals surface area contributed by atoms with Crippen LogP contribution in [0.4, 0.5) is 0 Å². The average Bonchev–Trinajstić information content (AvgIpc) is 2.88. The van der Waals surface area contributed by atoms with Gasteiger partial charge in [0.05, 0.1) is 19.1 Å². The second-order valence-electron chi connectivity index (χ2n) is 5.68. The van der Waals surface area contributed by atoms with Gasteiger partial charge in [0.2, 0.25) is 5.91 Å². The maximum Gasteiger partial charge on any atom is 0.325 e. The molecule has 0 heterocycles. The van der Waals surface area contributed by atoms with Crippen molar-refractivity contribution in [2.45, 2.75) is 57.6 Å². The van der Waals surface area contributed by atoms with Crippen molar-refractivity contribution >= 4 is 11.9 Å². The Morgan fingerprint density at radius 1 is 1.21 bits per heavy atom. The number of rotatable bonds is 6. The zero-order chi connectivity index (χ0) is 14.5. The lowest BCUT2D eigenvalue weighted by molar-refractivity contribution is -0.150. The highest BCUT2D eigenvalue weighted by molar-refractivity contribution is 5.83. The van der Waals surface area contributed by atoms with Gasteiger partial charge in [0.1, 0.15) is 6.54 Å². The summed E-state index contributed by atoms with van der Waals surface area (Å²) >= 11 is 0. The zero-order valence-electron chi connectivity index (χ0n) is 12.4. The summed E-state index contributed by atoms with van der Waals surface area (Å²) in [5.74, 6) is -0.403. The highest BCUT2D eigenvalue weighted by atomic mass is 16.5. The van der Waals surface area contributed by atoms with E-state index < -0.39 is 5.60 Å². The zero-order valence-corrected chi connectivity index (χ0v) is 12.4. The van der Waals surface area contributed by atoms with Crippen LogP contribution in [0.25, 0.3) is 0 Å². The highest BCUT2D eigenvalue weighted by Gasteiger charge is 2.32. The van der Waals surface area contributed by atoms with Crippen molar-refractivity contribution in [1.82, 2.24) is 4.90 Å². The number of nitrogens with zero attached hydrogens (tertiary/aromatic N) is 1. The van der Waals surface area contributed by atoms with Crippen LogP contribution in [-0.2, 0) is 19.1 Å². The average molecular weight is 271 g/mol. The molecule has 0 N–H and O–H groups in total. The summed E-state index contributed by atoms with van der Waals surface area (Å²) in [7, 11) is 2.94. The molecule has 0 spiro atoms. The number of methoxy groups -OCH3 is 2.